The van der Waals surface area contributed by atoms with Crippen LogP contribution in [0.15, 0.2) is 30.3 Å². The first-order chi connectivity index (χ1) is 8.29. The van der Waals surface area contributed by atoms with Gasteiger partial charge in [0.2, 0.25) is 0 Å². The number of rotatable bonds is 5. The summed E-state index contributed by atoms with van der Waals surface area (Å²) in [7, 11) is 0. The van der Waals surface area contributed by atoms with E-state index >= 15 is 0 Å². The molecule has 1 aliphatic heterocycles. The van der Waals surface area contributed by atoms with Gasteiger partial charge in [-0.3, -0.25) is 0 Å². The second-order valence-corrected chi connectivity index (χ2v) is 4.06. The number of ether oxygens (including phenoxy) is 2. The number of amides is 1. The van der Waals surface area contributed by atoms with Gasteiger partial charge in [0.25, 0.3) is 0 Å². The average molecular weight is 235 g/mol. The Hall–Kier alpha value is -1.55. The van der Waals surface area contributed by atoms with E-state index in [4.69, 9.17) is 9.47 Å². The summed E-state index contributed by atoms with van der Waals surface area (Å²) in [5, 5.41) is 2.69. The van der Waals surface area contributed by atoms with Crippen molar-refractivity contribution in [2.24, 2.45) is 0 Å². The lowest BCUT2D eigenvalue weighted by Gasteiger charge is -2.05. The summed E-state index contributed by atoms with van der Waals surface area (Å²) < 4.78 is 10.4. The van der Waals surface area contributed by atoms with Gasteiger partial charge < -0.3 is 14.8 Å². The molecule has 1 fully saturated rings. The van der Waals surface area contributed by atoms with Gasteiger partial charge in [0.15, 0.2) is 0 Å². The number of benzene rings is 1. The molecule has 0 aromatic heterocycles. The maximum atomic E-state index is 11.4. The minimum Gasteiger partial charge on any atom is -0.445 e. The molecule has 0 radical (unpaired) electrons. The van der Waals surface area contributed by atoms with E-state index in [1.54, 1.807) is 0 Å². The highest BCUT2D eigenvalue weighted by Gasteiger charge is 2.36. The van der Waals surface area contributed by atoms with Gasteiger partial charge in [-0.1, -0.05) is 37.3 Å². The molecule has 0 saturated carbocycles. The first-order valence-corrected chi connectivity index (χ1v) is 5.89. The first-order valence-electron chi connectivity index (χ1n) is 5.89. The molecule has 0 bridgehead atoms. The van der Waals surface area contributed by atoms with Gasteiger partial charge in [0.1, 0.15) is 12.7 Å². The molecule has 1 heterocycles. The van der Waals surface area contributed by atoms with E-state index in [0.717, 1.165) is 12.0 Å². The number of hydrogen-bond acceptors (Lipinski definition) is 3. The van der Waals surface area contributed by atoms with Gasteiger partial charge in [-0.15, -0.1) is 0 Å². The average Bonchev–Trinajstić information content (AvgIpc) is 3.14. The van der Waals surface area contributed by atoms with Gasteiger partial charge in [0, 0.05) is 6.54 Å². The van der Waals surface area contributed by atoms with E-state index < -0.39 is 0 Å². The van der Waals surface area contributed by atoms with E-state index in [-0.39, 0.29) is 12.2 Å². The summed E-state index contributed by atoms with van der Waals surface area (Å²) >= 11 is 0. The standard InChI is InChI=1S/C13H17NO3/c1-2-11-12(17-11)8-14-13(15)16-9-10-6-4-3-5-7-10/h3-7,11-12H,2,8-9H2,1H3,(H,14,15)/t11-,12+/m1/s1. The van der Waals surface area contributed by atoms with Crippen LogP contribution in [0, 0.1) is 0 Å². The molecule has 0 unspecified atom stereocenters. The second-order valence-electron chi connectivity index (χ2n) is 4.06. The molecule has 1 saturated heterocycles. The summed E-state index contributed by atoms with van der Waals surface area (Å²) in [4.78, 5) is 11.4. The predicted molar refractivity (Wildman–Crippen MR) is 63.6 cm³/mol. The minimum absolute atomic E-state index is 0.171. The Morgan fingerprint density at radius 1 is 1.35 bits per heavy atom. The molecule has 0 spiro atoms. The molecule has 1 aliphatic rings. The Labute approximate surface area is 101 Å². The molecular weight excluding hydrogens is 218 g/mol. The fourth-order valence-electron chi connectivity index (χ4n) is 1.68. The zero-order chi connectivity index (χ0) is 12.1. The third-order valence-electron chi connectivity index (χ3n) is 2.75. The predicted octanol–water partition coefficient (Wildman–Crippen LogP) is 2.09. The van der Waals surface area contributed by atoms with Gasteiger partial charge in [-0.2, -0.15) is 0 Å². The Balaban J connectivity index is 1.61. The van der Waals surface area contributed by atoms with Crippen LogP contribution < -0.4 is 5.32 Å². The monoisotopic (exact) mass is 235 g/mol. The number of nitrogens with one attached hydrogen (secondary N) is 1. The molecule has 1 amide bonds. The lowest BCUT2D eigenvalue weighted by Crippen LogP contribution is -2.28. The van der Waals surface area contributed by atoms with Gasteiger partial charge in [-0.05, 0) is 12.0 Å². The Kier molecular flexibility index (Phi) is 3.98. The van der Waals surface area contributed by atoms with Crippen molar-refractivity contribution in [2.75, 3.05) is 6.54 Å². The first kappa shape index (κ1) is 11.9. The van der Waals surface area contributed by atoms with Crippen LogP contribution in [0.2, 0.25) is 0 Å². The van der Waals surface area contributed by atoms with Crippen molar-refractivity contribution < 1.29 is 14.3 Å². The third-order valence-corrected chi connectivity index (χ3v) is 2.75. The van der Waals surface area contributed by atoms with Crippen LogP contribution in [-0.2, 0) is 16.1 Å². The zero-order valence-corrected chi connectivity index (χ0v) is 9.89. The van der Waals surface area contributed by atoms with Crippen LogP contribution in [-0.4, -0.2) is 24.8 Å². The van der Waals surface area contributed by atoms with Gasteiger partial charge >= 0.3 is 6.09 Å². The van der Waals surface area contributed by atoms with Crippen molar-refractivity contribution in [3.63, 3.8) is 0 Å². The number of carbonyl (C=O) groups excluding carboxylic acids is 1. The molecule has 17 heavy (non-hydrogen) atoms. The summed E-state index contributed by atoms with van der Waals surface area (Å²) in [5.74, 6) is 0. The molecule has 1 N–H and O–H groups in total. The SMILES string of the molecule is CC[C@H]1O[C@H]1CNC(=O)OCc1ccccc1. The van der Waals surface area contributed by atoms with E-state index in [2.05, 4.69) is 12.2 Å². The molecule has 2 rings (SSSR count). The third kappa shape index (κ3) is 3.75. The lowest BCUT2D eigenvalue weighted by atomic mass is 10.2. The topological polar surface area (TPSA) is 50.9 Å². The fourth-order valence-corrected chi connectivity index (χ4v) is 1.68. The van der Waals surface area contributed by atoms with Crippen LogP contribution in [0.3, 0.4) is 0 Å². The normalized spacial score (nSPS) is 21.9. The van der Waals surface area contributed by atoms with Crippen LogP contribution in [0.1, 0.15) is 18.9 Å². The number of hydrogen-bond donors (Lipinski definition) is 1. The number of alkyl carbamates (subject to hydrolysis) is 1. The molecule has 4 nitrogen and oxygen atoms in total. The summed E-state index contributed by atoms with van der Waals surface area (Å²) in [6.07, 6.45) is 1.08. The van der Waals surface area contributed by atoms with Crippen molar-refractivity contribution in [2.45, 2.75) is 32.2 Å². The number of carbonyl (C=O) groups is 1. The summed E-state index contributed by atoms with van der Waals surface area (Å²) in [5.41, 5.74) is 0.983. The second kappa shape index (κ2) is 5.68. The Bertz CT molecular complexity index is 366. The van der Waals surface area contributed by atoms with E-state index in [9.17, 15) is 4.79 Å². The largest absolute Gasteiger partial charge is 0.445 e. The highest BCUT2D eigenvalue weighted by Crippen LogP contribution is 2.23. The summed E-state index contributed by atoms with van der Waals surface area (Å²) in [6.45, 7) is 2.90. The van der Waals surface area contributed by atoms with Crippen molar-refractivity contribution in [1.29, 1.82) is 0 Å². The highest BCUT2D eigenvalue weighted by atomic mass is 16.6. The van der Waals surface area contributed by atoms with E-state index in [1.807, 2.05) is 30.3 Å². The molecule has 1 aromatic carbocycles. The molecular formula is C13H17NO3. The van der Waals surface area contributed by atoms with Crippen LogP contribution in [0.5, 0.6) is 0 Å². The smallest absolute Gasteiger partial charge is 0.407 e. The fraction of sp³-hybridized carbons (Fsp3) is 0.462. The minimum atomic E-state index is -0.390. The van der Waals surface area contributed by atoms with Crippen LogP contribution >= 0.6 is 0 Å². The summed E-state index contributed by atoms with van der Waals surface area (Å²) in [6, 6.07) is 9.61. The molecule has 92 valence electrons. The number of epoxide rings is 1. The van der Waals surface area contributed by atoms with Gasteiger partial charge in [0.05, 0.1) is 6.10 Å². The van der Waals surface area contributed by atoms with Crippen molar-refractivity contribution in [1.82, 2.24) is 5.32 Å². The zero-order valence-electron chi connectivity index (χ0n) is 9.89. The molecule has 4 heteroatoms. The van der Waals surface area contributed by atoms with Crippen molar-refractivity contribution in [3.8, 4) is 0 Å². The molecule has 2 atom stereocenters. The Morgan fingerprint density at radius 3 is 2.76 bits per heavy atom. The maximum Gasteiger partial charge on any atom is 0.407 e. The molecule has 1 aromatic rings. The van der Waals surface area contributed by atoms with Crippen molar-refractivity contribution >= 4 is 6.09 Å². The molecule has 0 aliphatic carbocycles. The van der Waals surface area contributed by atoms with Crippen LogP contribution in [0.25, 0.3) is 0 Å². The highest BCUT2D eigenvalue weighted by molar-refractivity contribution is 5.67. The lowest BCUT2D eigenvalue weighted by molar-refractivity contribution is 0.139. The van der Waals surface area contributed by atoms with E-state index in [1.165, 1.54) is 0 Å². The Morgan fingerprint density at radius 2 is 2.12 bits per heavy atom. The van der Waals surface area contributed by atoms with Crippen molar-refractivity contribution in [3.05, 3.63) is 35.9 Å². The quantitative estimate of drug-likeness (QED) is 0.795. The van der Waals surface area contributed by atoms with Crippen LogP contribution in [0.4, 0.5) is 4.79 Å². The van der Waals surface area contributed by atoms with E-state index in [0.29, 0.717) is 19.3 Å². The maximum absolute atomic E-state index is 11.4. The van der Waals surface area contributed by atoms with Gasteiger partial charge in [-0.25, -0.2) is 4.79 Å².